The summed E-state index contributed by atoms with van der Waals surface area (Å²) in [5.41, 5.74) is 0.464. The predicted octanol–water partition coefficient (Wildman–Crippen LogP) is 2.33. The summed E-state index contributed by atoms with van der Waals surface area (Å²) in [6.45, 7) is 5.95. The number of benzene rings is 1. The van der Waals surface area contributed by atoms with Crippen LogP contribution in [0.1, 0.15) is 38.2 Å². The molecule has 0 saturated heterocycles. The van der Waals surface area contributed by atoms with Crippen molar-refractivity contribution in [3.63, 3.8) is 0 Å². The van der Waals surface area contributed by atoms with E-state index in [-0.39, 0.29) is 23.3 Å². The van der Waals surface area contributed by atoms with Gasteiger partial charge in [0.2, 0.25) is 0 Å². The second-order valence-electron chi connectivity index (χ2n) is 5.44. The summed E-state index contributed by atoms with van der Waals surface area (Å²) in [6.07, 6.45) is 0.300. The Morgan fingerprint density at radius 1 is 1.26 bits per heavy atom. The van der Waals surface area contributed by atoms with Gasteiger partial charge in [0.1, 0.15) is 11.6 Å². The average molecular weight is 338 g/mol. The minimum absolute atomic E-state index is 0.0716. The molecule has 0 amide bonds. The highest BCUT2D eigenvalue weighted by Gasteiger charge is 2.30. The molecular weight excluding hydrogens is 316 g/mol. The van der Waals surface area contributed by atoms with Crippen LogP contribution in [0.5, 0.6) is 5.75 Å². The molecule has 1 aromatic carbocycles. The van der Waals surface area contributed by atoms with E-state index in [4.69, 9.17) is 4.18 Å². The molecule has 0 aliphatic rings. The van der Waals surface area contributed by atoms with Gasteiger partial charge in [0.25, 0.3) is 0 Å². The highest BCUT2D eigenvalue weighted by Crippen LogP contribution is 2.28. The van der Waals surface area contributed by atoms with Crippen molar-refractivity contribution in [2.24, 2.45) is 0 Å². The molecule has 1 heterocycles. The first-order chi connectivity index (χ1) is 10.9. The Morgan fingerprint density at radius 2 is 1.91 bits per heavy atom. The van der Waals surface area contributed by atoms with Crippen LogP contribution in [0.25, 0.3) is 0 Å². The zero-order chi connectivity index (χ0) is 17.0. The average Bonchev–Trinajstić information content (AvgIpc) is 2.88. The highest BCUT2D eigenvalue weighted by atomic mass is 32.2. The van der Waals surface area contributed by atoms with Crippen LogP contribution in [0.4, 0.5) is 0 Å². The van der Waals surface area contributed by atoms with Crippen LogP contribution < -0.4 is 4.18 Å². The minimum Gasteiger partial charge on any atom is -0.396 e. The van der Waals surface area contributed by atoms with E-state index in [1.165, 1.54) is 0 Å². The normalized spacial score (nSPS) is 11.9. The Labute approximate surface area is 136 Å². The molecule has 0 spiro atoms. The largest absolute Gasteiger partial charge is 0.396 e. The topological polar surface area (TPSA) is 81.4 Å². The fourth-order valence-electron chi connectivity index (χ4n) is 2.40. The monoisotopic (exact) mass is 338 g/mol. The lowest BCUT2D eigenvalue weighted by atomic mass is 10.1. The fourth-order valence-corrected chi connectivity index (χ4v) is 3.89. The predicted molar refractivity (Wildman–Crippen MR) is 87.0 cm³/mol. The van der Waals surface area contributed by atoms with Crippen molar-refractivity contribution in [1.29, 1.82) is 0 Å². The standard InChI is InChI=1S/C16H22N2O4S/c1-4-18-14(10-11-19)17-15(12(2)3)16(18)23(20,21)22-13-8-6-5-7-9-13/h5-9,12,19H,4,10-11H2,1-3H3. The van der Waals surface area contributed by atoms with Crippen molar-refractivity contribution >= 4 is 10.1 Å². The number of aliphatic hydroxyl groups excluding tert-OH is 1. The van der Waals surface area contributed by atoms with Gasteiger partial charge in [0.05, 0.1) is 12.3 Å². The Kier molecular flexibility index (Phi) is 5.43. The SMILES string of the molecule is CCn1c(CCO)nc(C(C)C)c1S(=O)(=O)Oc1ccccc1. The molecular formula is C16H22N2O4S. The van der Waals surface area contributed by atoms with E-state index >= 15 is 0 Å². The Morgan fingerprint density at radius 3 is 2.43 bits per heavy atom. The van der Waals surface area contributed by atoms with Gasteiger partial charge in [0, 0.05) is 13.0 Å². The van der Waals surface area contributed by atoms with Gasteiger partial charge in [-0.3, -0.25) is 0 Å². The quantitative estimate of drug-likeness (QED) is 0.784. The summed E-state index contributed by atoms with van der Waals surface area (Å²) in [7, 11) is -4.01. The van der Waals surface area contributed by atoms with Crippen LogP contribution in [0, 0.1) is 0 Å². The number of aromatic nitrogens is 2. The van der Waals surface area contributed by atoms with Crippen molar-refractivity contribution < 1.29 is 17.7 Å². The van der Waals surface area contributed by atoms with Gasteiger partial charge in [-0.05, 0) is 25.0 Å². The molecule has 1 N–H and O–H groups in total. The summed E-state index contributed by atoms with van der Waals surface area (Å²) >= 11 is 0. The van der Waals surface area contributed by atoms with Gasteiger partial charge in [0.15, 0.2) is 5.03 Å². The molecule has 7 heteroatoms. The molecule has 1 aromatic heterocycles. The number of rotatable bonds is 7. The van der Waals surface area contributed by atoms with Gasteiger partial charge in [-0.15, -0.1) is 0 Å². The molecule has 23 heavy (non-hydrogen) atoms. The lowest BCUT2D eigenvalue weighted by molar-refractivity contribution is 0.294. The van der Waals surface area contributed by atoms with E-state index in [1.807, 2.05) is 20.8 Å². The number of aliphatic hydroxyl groups is 1. The van der Waals surface area contributed by atoms with Gasteiger partial charge < -0.3 is 13.9 Å². The second-order valence-corrected chi connectivity index (χ2v) is 6.90. The van der Waals surface area contributed by atoms with Crippen LogP contribution >= 0.6 is 0 Å². The summed E-state index contributed by atoms with van der Waals surface area (Å²) in [6, 6.07) is 8.39. The summed E-state index contributed by atoms with van der Waals surface area (Å²) in [5, 5.41) is 9.25. The van der Waals surface area contributed by atoms with Gasteiger partial charge in [-0.2, -0.15) is 8.42 Å². The van der Waals surface area contributed by atoms with Crippen LogP contribution in [-0.4, -0.2) is 29.7 Å². The Balaban J connectivity index is 2.55. The van der Waals surface area contributed by atoms with Gasteiger partial charge in [-0.25, -0.2) is 4.98 Å². The molecule has 0 bridgehead atoms. The fraction of sp³-hybridized carbons (Fsp3) is 0.438. The zero-order valence-corrected chi connectivity index (χ0v) is 14.4. The molecule has 0 aliphatic carbocycles. The number of hydrogen-bond acceptors (Lipinski definition) is 5. The van der Waals surface area contributed by atoms with Crippen LogP contribution in [-0.2, 0) is 23.1 Å². The third-order valence-electron chi connectivity index (χ3n) is 3.41. The molecule has 6 nitrogen and oxygen atoms in total. The van der Waals surface area contributed by atoms with E-state index in [1.54, 1.807) is 34.9 Å². The van der Waals surface area contributed by atoms with Crippen molar-refractivity contribution in [3.05, 3.63) is 41.9 Å². The Bertz CT molecular complexity index is 752. The maximum atomic E-state index is 12.8. The third-order valence-corrected chi connectivity index (χ3v) is 4.72. The van der Waals surface area contributed by atoms with E-state index in [0.717, 1.165) is 0 Å². The third kappa shape index (κ3) is 3.73. The van der Waals surface area contributed by atoms with Gasteiger partial charge >= 0.3 is 10.1 Å². The lowest BCUT2D eigenvalue weighted by Gasteiger charge is -2.12. The van der Waals surface area contributed by atoms with E-state index in [9.17, 15) is 13.5 Å². The van der Waals surface area contributed by atoms with Crippen molar-refractivity contribution in [2.75, 3.05) is 6.61 Å². The lowest BCUT2D eigenvalue weighted by Crippen LogP contribution is -2.18. The van der Waals surface area contributed by atoms with E-state index in [2.05, 4.69) is 4.98 Å². The van der Waals surface area contributed by atoms with Crippen molar-refractivity contribution in [2.45, 2.75) is 44.7 Å². The number of nitrogens with zero attached hydrogens (tertiary/aromatic N) is 2. The van der Waals surface area contributed by atoms with Crippen LogP contribution in [0.2, 0.25) is 0 Å². The van der Waals surface area contributed by atoms with Crippen molar-refractivity contribution in [1.82, 2.24) is 9.55 Å². The van der Waals surface area contributed by atoms with E-state index in [0.29, 0.717) is 24.5 Å². The minimum atomic E-state index is -4.01. The zero-order valence-electron chi connectivity index (χ0n) is 13.6. The Hall–Kier alpha value is -1.86. The number of hydrogen-bond donors (Lipinski definition) is 1. The smallest absolute Gasteiger partial charge is 0.357 e. The summed E-state index contributed by atoms with van der Waals surface area (Å²) in [4.78, 5) is 4.42. The molecule has 2 aromatic rings. The molecule has 0 unspecified atom stereocenters. The molecule has 0 fully saturated rings. The second kappa shape index (κ2) is 7.14. The van der Waals surface area contributed by atoms with E-state index < -0.39 is 10.1 Å². The summed E-state index contributed by atoms with van der Waals surface area (Å²) in [5.74, 6) is 0.730. The molecule has 126 valence electrons. The highest BCUT2D eigenvalue weighted by molar-refractivity contribution is 7.87. The maximum absolute atomic E-state index is 12.8. The number of para-hydroxylation sites is 1. The molecule has 0 atom stereocenters. The van der Waals surface area contributed by atoms with Crippen LogP contribution in [0.3, 0.4) is 0 Å². The maximum Gasteiger partial charge on any atom is 0.357 e. The first-order valence-corrected chi connectivity index (χ1v) is 9.01. The first kappa shape index (κ1) is 17.5. The molecule has 0 radical (unpaired) electrons. The number of imidazole rings is 1. The van der Waals surface area contributed by atoms with Gasteiger partial charge in [-0.1, -0.05) is 32.0 Å². The van der Waals surface area contributed by atoms with Crippen molar-refractivity contribution in [3.8, 4) is 5.75 Å². The molecule has 0 saturated carbocycles. The molecule has 2 rings (SSSR count). The molecule has 0 aliphatic heterocycles. The van der Waals surface area contributed by atoms with Crippen LogP contribution in [0.15, 0.2) is 35.4 Å². The summed E-state index contributed by atoms with van der Waals surface area (Å²) < 4.78 is 32.4. The first-order valence-electron chi connectivity index (χ1n) is 7.60.